The van der Waals surface area contributed by atoms with Crippen LogP contribution in [0.25, 0.3) is 0 Å². The average Bonchev–Trinajstić information content (AvgIpc) is 2.82. The molecule has 0 bridgehead atoms. The third-order valence-electron chi connectivity index (χ3n) is 3.56. The lowest BCUT2D eigenvalue weighted by atomic mass is 10.0. The van der Waals surface area contributed by atoms with Gasteiger partial charge in [0.2, 0.25) is 16.0 Å². The van der Waals surface area contributed by atoms with Gasteiger partial charge >= 0.3 is 0 Å². The van der Waals surface area contributed by atoms with Gasteiger partial charge in [0.05, 0.1) is 12.4 Å². The first-order valence-electron chi connectivity index (χ1n) is 7.05. The van der Waals surface area contributed by atoms with E-state index in [-0.39, 0.29) is 10.4 Å². The number of anilines is 1. The smallest absolute Gasteiger partial charge is 0.244 e. The molecule has 6 nitrogen and oxygen atoms in total. The fourth-order valence-electron chi connectivity index (χ4n) is 2.42. The molecule has 0 aliphatic heterocycles. The van der Waals surface area contributed by atoms with Gasteiger partial charge in [-0.15, -0.1) is 0 Å². The molecule has 20 heavy (non-hydrogen) atoms. The van der Waals surface area contributed by atoms with Crippen molar-refractivity contribution in [3.63, 3.8) is 0 Å². The second-order valence-electron chi connectivity index (χ2n) is 5.54. The van der Waals surface area contributed by atoms with Gasteiger partial charge in [0, 0.05) is 12.1 Å². The predicted octanol–water partition coefficient (Wildman–Crippen LogP) is 1.91. The van der Waals surface area contributed by atoms with E-state index in [0.29, 0.717) is 5.95 Å². The quantitative estimate of drug-likeness (QED) is 0.838. The normalized spacial score (nSPS) is 18.1. The zero-order chi connectivity index (χ0) is 14.6. The van der Waals surface area contributed by atoms with E-state index in [1.165, 1.54) is 12.4 Å². The number of hydrogen-bond donors (Lipinski definition) is 2. The Morgan fingerprint density at radius 1 is 1.25 bits per heavy atom. The van der Waals surface area contributed by atoms with Gasteiger partial charge in [0.25, 0.3) is 0 Å². The Labute approximate surface area is 120 Å². The second kappa shape index (κ2) is 6.05. The van der Waals surface area contributed by atoms with Crippen molar-refractivity contribution < 1.29 is 8.42 Å². The number of nitrogens with zero attached hydrogens (tertiary/aromatic N) is 2. The molecule has 2 rings (SSSR count). The van der Waals surface area contributed by atoms with Crippen LogP contribution in [0.15, 0.2) is 17.3 Å². The molecule has 2 N–H and O–H groups in total. The van der Waals surface area contributed by atoms with Crippen LogP contribution in [0.1, 0.15) is 46.0 Å². The highest BCUT2D eigenvalue weighted by Gasteiger charge is 2.33. The van der Waals surface area contributed by atoms with Crippen molar-refractivity contribution in [2.45, 2.75) is 56.4 Å². The Bertz CT molecular complexity index is 536. The van der Waals surface area contributed by atoms with E-state index in [0.717, 1.165) is 38.6 Å². The number of hydrogen-bond acceptors (Lipinski definition) is 5. The topological polar surface area (TPSA) is 84.0 Å². The van der Waals surface area contributed by atoms with Gasteiger partial charge in [-0.3, -0.25) is 0 Å². The summed E-state index contributed by atoms with van der Waals surface area (Å²) in [6.45, 7) is 4.76. The molecule has 0 aromatic carbocycles. The molecule has 1 aromatic heterocycles. The molecule has 0 saturated heterocycles. The lowest BCUT2D eigenvalue weighted by molar-refractivity contribution is 0.427. The zero-order valence-electron chi connectivity index (χ0n) is 12.0. The molecule has 0 radical (unpaired) electrons. The molecule has 1 aromatic rings. The molecule has 1 saturated carbocycles. The standard InChI is InChI=1S/C13H22N4O2S/c1-3-8-14-12-15-9-11(10-16-12)20(18,19)17-13(2)6-4-5-7-13/h9-10,17H,3-8H2,1-2H3,(H,14,15,16). The minimum Gasteiger partial charge on any atom is -0.354 e. The maximum absolute atomic E-state index is 12.3. The number of aromatic nitrogens is 2. The molecule has 1 aliphatic rings. The van der Waals surface area contributed by atoms with E-state index in [1.807, 2.05) is 13.8 Å². The summed E-state index contributed by atoms with van der Waals surface area (Å²) in [5, 5.41) is 3.02. The van der Waals surface area contributed by atoms with E-state index < -0.39 is 10.0 Å². The molecule has 1 aliphatic carbocycles. The van der Waals surface area contributed by atoms with Gasteiger partial charge in [0.15, 0.2) is 0 Å². The Balaban J connectivity index is 2.09. The van der Waals surface area contributed by atoms with Crippen molar-refractivity contribution in [1.82, 2.24) is 14.7 Å². The first kappa shape index (κ1) is 15.2. The van der Waals surface area contributed by atoms with Crippen LogP contribution in [-0.2, 0) is 10.0 Å². The predicted molar refractivity (Wildman–Crippen MR) is 78.0 cm³/mol. The van der Waals surface area contributed by atoms with Gasteiger partial charge in [-0.05, 0) is 26.2 Å². The molecule has 1 fully saturated rings. The van der Waals surface area contributed by atoms with Crippen LogP contribution in [0.3, 0.4) is 0 Å². The molecular formula is C13H22N4O2S. The van der Waals surface area contributed by atoms with E-state index in [1.54, 1.807) is 0 Å². The summed E-state index contributed by atoms with van der Waals surface area (Å²) in [5.41, 5.74) is -0.335. The van der Waals surface area contributed by atoms with Crippen LogP contribution in [0, 0.1) is 0 Å². The Morgan fingerprint density at radius 3 is 2.40 bits per heavy atom. The first-order chi connectivity index (χ1) is 9.45. The highest BCUT2D eigenvalue weighted by Crippen LogP contribution is 2.30. The van der Waals surface area contributed by atoms with Crippen LogP contribution in [0.2, 0.25) is 0 Å². The van der Waals surface area contributed by atoms with Crippen LogP contribution < -0.4 is 10.0 Å². The van der Waals surface area contributed by atoms with Crippen molar-refractivity contribution in [2.75, 3.05) is 11.9 Å². The van der Waals surface area contributed by atoms with Crippen LogP contribution in [0.5, 0.6) is 0 Å². The fraction of sp³-hybridized carbons (Fsp3) is 0.692. The first-order valence-corrected chi connectivity index (χ1v) is 8.53. The van der Waals surface area contributed by atoms with E-state index in [2.05, 4.69) is 20.0 Å². The molecule has 112 valence electrons. The van der Waals surface area contributed by atoms with Gasteiger partial charge < -0.3 is 5.32 Å². The number of nitrogens with one attached hydrogen (secondary N) is 2. The minimum atomic E-state index is -3.54. The lowest BCUT2D eigenvalue weighted by Crippen LogP contribution is -2.43. The van der Waals surface area contributed by atoms with Crippen molar-refractivity contribution in [2.24, 2.45) is 0 Å². The van der Waals surface area contributed by atoms with Crippen LogP contribution in [-0.4, -0.2) is 30.5 Å². The van der Waals surface area contributed by atoms with E-state index >= 15 is 0 Å². The third-order valence-corrected chi connectivity index (χ3v) is 5.15. The molecule has 7 heteroatoms. The molecule has 0 atom stereocenters. The Morgan fingerprint density at radius 2 is 1.85 bits per heavy atom. The number of sulfonamides is 1. The highest BCUT2D eigenvalue weighted by molar-refractivity contribution is 7.89. The minimum absolute atomic E-state index is 0.118. The summed E-state index contributed by atoms with van der Waals surface area (Å²) < 4.78 is 27.4. The van der Waals surface area contributed by atoms with Crippen molar-refractivity contribution in [1.29, 1.82) is 0 Å². The van der Waals surface area contributed by atoms with Crippen LogP contribution in [0.4, 0.5) is 5.95 Å². The van der Waals surface area contributed by atoms with E-state index in [9.17, 15) is 8.42 Å². The number of rotatable bonds is 6. The Kier molecular flexibility index (Phi) is 4.59. The molecular weight excluding hydrogens is 276 g/mol. The SMILES string of the molecule is CCCNc1ncc(S(=O)(=O)NC2(C)CCCC2)cn1. The van der Waals surface area contributed by atoms with Crippen LogP contribution >= 0.6 is 0 Å². The van der Waals surface area contributed by atoms with E-state index in [4.69, 9.17) is 0 Å². The van der Waals surface area contributed by atoms with Crippen molar-refractivity contribution in [3.8, 4) is 0 Å². The summed E-state index contributed by atoms with van der Waals surface area (Å²) in [6, 6.07) is 0. The summed E-state index contributed by atoms with van der Waals surface area (Å²) in [4.78, 5) is 8.20. The maximum atomic E-state index is 12.3. The van der Waals surface area contributed by atoms with Gasteiger partial charge in [-0.2, -0.15) is 0 Å². The van der Waals surface area contributed by atoms with Gasteiger partial charge in [-0.1, -0.05) is 19.8 Å². The fourth-order valence-corrected chi connectivity index (χ4v) is 3.78. The molecule has 0 amide bonds. The van der Waals surface area contributed by atoms with Crippen molar-refractivity contribution >= 4 is 16.0 Å². The zero-order valence-corrected chi connectivity index (χ0v) is 12.8. The summed E-state index contributed by atoms with van der Waals surface area (Å²) in [6.07, 6.45) is 7.55. The van der Waals surface area contributed by atoms with Gasteiger partial charge in [0.1, 0.15) is 4.90 Å². The molecule has 1 heterocycles. The molecule has 0 unspecified atom stereocenters. The van der Waals surface area contributed by atoms with Gasteiger partial charge in [-0.25, -0.2) is 23.1 Å². The second-order valence-corrected chi connectivity index (χ2v) is 7.22. The Hall–Kier alpha value is -1.21. The summed E-state index contributed by atoms with van der Waals surface area (Å²) in [5.74, 6) is 0.456. The largest absolute Gasteiger partial charge is 0.354 e. The average molecular weight is 298 g/mol. The summed E-state index contributed by atoms with van der Waals surface area (Å²) >= 11 is 0. The monoisotopic (exact) mass is 298 g/mol. The third kappa shape index (κ3) is 3.67. The lowest BCUT2D eigenvalue weighted by Gasteiger charge is -2.24. The maximum Gasteiger partial charge on any atom is 0.244 e. The highest BCUT2D eigenvalue weighted by atomic mass is 32.2. The van der Waals surface area contributed by atoms with Crippen molar-refractivity contribution in [3.05, 3.63) is 12.4 Å². The summed E-state index contributed by atoms with van der Waals surface area (Å²) in [7, 11) is -3.54. The molecule has 0 spiro atoms.